The van der Waals surface area contributed by atoms with E-state index in [1.807, 2.05) is 36.7 Å². The lowest BCUT2D eigenvalue weighted by atomic mass is 10.3. The number of methoxy groups -OCH3 is 1. The van der Waals surface area contributed by atoms with Crippen molar-refractivity contribution in [3.8, 4) is 5.75 Å². The van der Waals surface area contributed by atoms with Gasteiger partial charge in [-0.05, 0) is 19.1 Å². The predicted octanol–water partition coefficient (Wildman–Crippen LogP) is 1.60. The molecular formula is C11H15N3O. The Morgan fingerprint density at radius 1 is 1.47 bits per heavy atom. The average Bonchev–Trinajstić information content (AvgIpc) is 2.55. The number of aromatic nitrogens is 2. The molecule has 4 nitrogen and oxygen atoms in total. The Labute approximate surface area is 88.7 Å². The van der Waals surface area contributed by atoms with Gasteiger partial charge in [0, 0.05) is 13.1 Å². The van der Waals surface area contributed by atoms with Crippen LogP contribution in [0.2, 0.25) is 0 Å². The van der Waals surface area contributed by atoms with Crippen LogP contribution in [0.15, 0.2) is 18.2 Å². The summed E-state index contributed by atoms with van der Waals surface area (Å²) < 4.78 is 7.16. The van der Waals surface area contributed by atoms with Gasteiger partial charge in [-0.1, -0.05) is 0 Å². The molecule has 0 saturated heterocycles. The zero-order valence-electron chi connectivity index (χ0n) is 9.19. The van der Waals surface area contributed by atoms with Gasteiger partial charge in [0.1, 0.15) is 11.6 Å². The monoisotopic (exact) mass is 205 g/mol. The first-order chi connectivity index (χ1) is 7.13. The van der Waals surface area contributed by atoms with E-state index >= 15 is 0 Å². The van der Waals surface area contributed by atoms with Gasteiger partial charge in [-0.2, -0.15) is 0 Å². The Morgan fingerprint density at radius 3 is 2.80 bits per heavy atom. The van der Waals surface area contributed by atoms with Gasteiger partial charge in [0.15, 0.2) is 0 Å². The molecule has 2 rings (SSSR count). The number of fused-ring (bicyclic) bond motifs is 1. The highest BCUT2D eigenvalue weighted by atomic mass is 16.5. The number of nitrogens with zero attached hydrogens (tertiary/aromatic N) is 2. The lowest BCUT2D eigenvalue weighted by Crippen LogP contribution is -2.11. The minimum absolute atomic E-state index is 0.0617. The van der Waals surface area contributed by atoms with Crippen molar-refractivity contribution in [1.29, 1.82) is 0 Å². The molecule has 0 aliphatic carbocycles. The molecule has 0 aliphatic rings. The van der Waals surface area contributed by atoms with Crippen LogP contribution in [0.1, 0.15) is 18.8 Å². The van der Waals surface area contributed by atoms with E-state index in [9.17, 15) is 0 Å². The maximum Gasteiger partial charge on any atom is 0.126 e. The number of imidazole rings is 1. The topological polar surface area (TPSA) is 53.1 Å². The van der Waals surface area contributed by atoms with E-state index in [0.29, 0.717) is 0 Å². The van der Waals surface area contributed by atoms with Crippen molar-refractivity contribution in [2.75, 3.05) is 7.11 Å². The summed E-state index contributed by atoms with van der Waals surface area (Å²) in [5.41, 5.74) is 7.83. The summed E-state index contributed by atoms with van der Waals surface area (Å²) in [6.45, 7) is 1.93. The Balaban J connectivity index is 2.65. The number of rotatable bonds is 2. The van der Waals surface area contributed by atoms with Gasteiger partial charge in [-0.3, -0.25) is 0 Å². The van der Waals surface area contributed by atoms with Crippen LogP contribution in [-0.2, 0) is 7.05 Å². The van der Waals surface area contributed by atoms with E-state index in [-0.39, 0.29) is 6.04 Å². The Bertz CT molecular complexity index is 488. The molecule has 15 heavy (non-hydrogen) atoms. The fourth-order valence-corrected chi connectivity index (χ4v) is 1.73. The first-order valence-corrected chi connectivity index (χ1v) is 4.89. The van der Waals surface area contributed by atoms with Crippen molar-refractivity contribution in [2.45, 2.75) is 13.0 Å². The van der Waals surface area contributed by atoms with Crippen molar-refractivity contribution in [2.24, 2.45) is 12.8 Å². The quantitative estimate of drug-likeness (QED) is 0.810. The molecule has 0 radical (unpaired) electrons. The number of hydrogen-bond donors (Lipinski definition) is 1. The number of ether oxygens (including phenoxy) is 1. The van der Waals surface area contributed by atoms with E-state index in [1.54, 1.807) is 7.11 Å². The molecule has 1 unspecified atom stereocenters. The fraction of sp³-hybridized carbons (Fsp3) is 0.364. The van der Waals surface area contributed by atoms with Gasteiger partial charge >= 0.3 is 0 Å². The molecule has 1 atom stereocenters. The van der Waals surface area contributed by atoms with E-state index in [2.05, 4.69) is 4.98 Å². The van der Waals surface area contributed by atoms with Gasteiger partial charge in [-0.25, -0.2) is 4.98 Å². The zero-order valence-corrected chi connectivity index (χ0v) is 9.19. The third-order valence-electron chi connectivity index (χ3n) is 2.53. The van der Waals surface area contributed by atoms with Crippen LogP contribution in [0.5, 0.6) is 5.75 Å². The van der Waals surface area contributed by atoms with Crippen molar-refractivity contribution in [3.05, 3.63) is 24.0 Å². The molecule has 1 heterocycles. The van der Waals surface area contributed by atoms with Gasteiger partial charge < -0.3 is 15.0 Å². The van der Waals surface area contributed by atoms with E-state index in [1.165, 1.54) is 0 Å². The minimum atomic E-state index is -0.0617. The predicted molar refractivity (Wildman–Crippen MR) is 59.9 cm³/mol. The van der Waals surface area contributed by atoms with Crippen molar-refractivity contribution in [1.82, 2.24) is 9.55 Å². The zero-order chi connectivity index (χ0) is 11.0. The Morgan fingerprint density at radius 2 is 2.20 bits per heavy atom. The highest BCUT2D eigenvalue weighted by molar-refractivity contribution is 5.77. The van der Waals surface area contributed by atoms with E-state index < -0.39 is 0 Å². The second-order valence-electron chi connectivity index (χ2n) is 3.67. The highest BCUT2D eigenvalue weighted by Gasteiger charge is 2.11. The van der Waals surface area contributed by atoms with Crippen LogP contribution in [0.3, 0.4) is 0 Å². The molecule has 4 heteroatoms. The van der Waals surface area contributed by atoms with E-state index in [0.717, 1.165) is 22.6 Å². The second kappa shape index (κ2) is 3.55. The lowest BCUT2D eigenvalue weighted by Gasteiger charge is -2.04. The van der Waals surface area contributed by atoms with Gasteiger partial charge in [0.25, 0.3) is 0 Å². The standard InChI is InChI=1S/C11H15N3O/c1-7(12)11-13-9-6-8(15-3)4-5-10(9)14(11)2/h4-7H,12H2,1-3H3. The summed E-state index contributed by atoms with van der Waals surface area (Å²) in [6.07, 6.45) is 0. The number of nitrogens with two attached hydrogens (primary N) is 1. The molecule has 1 aromatic heterocycles. The maximum absolute atomic E-state index is 5.83. The molecule has 0 fully saturated rings. The molecule has 1 aromatic carbocycles. The van der Waals surface area contributed by atoms with Crippen molar-refractivity contribution >= 4 is 11.0 Å². The SMILES string of the molecule is COc1ccc2c(c1)nc(C(C)N)n2C. The van der Waals surface area contributed by atoms with Crippen molar-refractivity contribution in [3.63, 3.8) is 0 Å². The van der Waals surface area contributed by atoms with E-state index in [4.69, 9.17) is 10.5 Å². The fourth-order valence-electron chi connectivity index (χ4n) is 1.73. The van der Waals surface area contributed by atoms with Crippen LogP contribution in [-0.4, -0.2) is 16.7 Å². The first kappa shape index (κ1) is 9.98. The van der Waals surface area contributed by atoms with Gasteiger partial charge in [0.05, 0.1) is 24.2 Å². The Kier molecular flexibility index (Phi) is 2.36. The minimum Gasteiger partial charge on any atom is -0.497 e. The number of aryl methyl sites for hydroxylation is 1. The normalized spacial score (nSPS) is 13.1. The van der Waals surface area contributed by atoms with Crippen LogP contribution in [0.4, 0.5) is 0 Å². The van der Waals surface area contributed by atoms with Crippen LogP contribution in [0.25, 0.3) is 11.0 Å². The van der Waals surface area contributed by atoms with Gasteiger partial charge in [-0.15, -0.1) is 0 Å². The number of benzene rings is 1. The van der Waals surface area contributed by atoms with Crippen molar-refractivity contribution < 1.29 is 4.74 Å². The molecule has 2 N–H and O–H groups in total. The second-order valence-corrected chi connectivity index (χ2v) is 3.67. The summed E-state index contributed by atoms with van der Waals surface area (Å²) in [6, 6.07) is 5.77. The van der Waals surface area contributed by atoms with Crippen LogP contribution in [0, 0.1) is 0 Å². The summed E-state index contributed by atoms with van der Waals surface area (Å²) >= 11 is 0. The first-order valence-electron chi connectivity index (χ1n) is 4.89. The lowest BCUT2D eigenvalue weighted by molar-refractivity contribution is 0.415. The highest BCUT2D eigenvalue weighted by Crippen LogP contribution is 2.22. The molecule has 0 saturated carbocycles. The molecule has 80 valence electrons. The van der Waals surface area contributed by atoms with Gasteiger partial charge in [0.2, 0.25) is 0 Å². The third kappa shape index (κ3) is 1.57. The average molecular weight is 205 g/mol. The summed E-state index contributed by atoms with van der Waals surface area (Å²) in [5, 5.41) is 0. The molecule has 0 spiro atoms. The molecule has 0 bridgehead atoms. The smallest absolute Gasteiger partial charge is 0.126 e. The maximum atomic E-state index is 5.83. The molecule has 2 aromatic rings. The Hall–Kier alpha value is -1.55. The van der Waals surface area contributed by atoms with Crippen LogP contribution < -0.4 is 10.5 Å². The molecule has 0 aliphatic heterocycles. The third-order valence-corrected chi connectivity index (χ3v) is 2.53. The molecular weight excluding hydrogens is 190 g/mol. The largest absolute Gasteiger partial charge is 0.497 e. The summed E-state index contributed by atoms with van der Waals surface area (Å²) in [4.78, 5) is 4.48. The summed E-state index contributed by atoms with van der Waals surface area (Å²) in [7, 11) is 3.62. The summed E-state index contributed by atoms with van der Waals surface area (Å²) in [5.74, 6) is 1.70. The van der Waals surface area contributed by atoms with Crippen LogP contribution >= 0.6 is 0 Å². The molecule has 0 amide bonds. The number of hydrogen-bond acceptors (Lipinski definition) is 3.